The van der Waals surface area contributed by atoms with E-state index in [1.165, 1.54) is 11.1 Å². The Morgan fingerprint density at radius 2 is 1.95 bits per heavy atom. The van der Waals surface area contributed by atoms with Crippen molar-refractivity contribution in [2.75, 3.05) is 13.1 Å². The molecule has 2 rings (SSSR count). The van der Waals surface area contributed by atoms with E-state index < -0.39 is 0 Å². The summed E-state index contributed by atoms with van der Waals surface area (Å²) in [5.74, 6) is -0.0893. The van der Waals surface area contributed by atoms with Gasteiger partial charge in [0.25, 0.3) is 0 Å². The Labute approximate surface area is 127 Å². The van der Waals surface area contributed by atoms with Crippen LogP contribution in [0.2, 0.25) is 0 Å². The topological polar surface area (TPSA) is 58.4 Å². The Hall–Kier alpha value is -1.39. The normalized spacial score (nSPS) is 19.4. The molecule has 0 aliphatic carbocycles. The lowest BCUT2D eigenvalue weighted by atomic mass is 9.98. The predicted molar refractivity (Wildman–Crippen MR) is 85.8 cm³/mol. The number of fused-ring (bicyclic) bond motifs is 1. The monoisotopic (exact) mass is 289 g/mol. The van der Waals surface area contributed by atoms with Gasteiger partial charge in [-0.05, 0) is 31.4 Å². The molecule has 0 saturated heterocycles. The highest BCUT2D eigenvalue weighted by Gasteiger charge is 2.22. The summed E-state index contributed by atoms with van der Waals surface area (Å²) < 4.78 is 0. The van der Waals surface area contributed by atoms with Gasteiger partial charge in [-0.25, -0.2) is 0 Å². The maximum absolute atomic E-state index is 12.0. The molecule has 3 atom stereocenters. The van der Waals surface area contributed by atoms with E-state index in [1.807, 2.05) is 13.8 Å². The van der Waals surface area contributed by atoms with Crippen LogP contribution in [0.1, 0.15) is 31.9 Å². The number of amides is 1. The number of carbonyl (C=O) groups is 1. The van der Waals surface area contributed by atoms with Gasteiger partial charge >= 0.3 is 0 Å². The quantitative estimate of drug-likeness (QED) is 0.864. The van der Waals surface area contributed by atoms with Crippen molar-refractivity contribution >= 4 is 5.91 Å². The SMILES string of the molecule is CC(N)C(C)C(=O)NCC(C)N1CCc2ccccc2C1. The molecule has 1 heterocycles. The third kappa shape index (κ3) is 4.05. The number of benzene rings is 1. The van der Waals surface area contributed by atoms with Crippen LogP contribution >= 0.6 is 0 Å². The minimum atomic E-state index is -0.140. The third-order valence-electron chi connectivity index (χ3n) is 4.56. The summed E-state index contributed by atoms with van der Waals surface area (Å²) in [5, 5.41) is 3.02. The van der Waals surface area contributed by atoms with Gasteiger partial charge in [0.2, 0.25) is 5.91 Å². The van der Waals surface area contributed by atoms with E-state index in [4.69, 9.17) is 5.73 Å². The zero-order valence-corrected chi connectivity index (χ0v) is 13.3. The maximum atomic E-state index is 12.0. The lowest BCUT2D eigenvalue weighted by Gasteiger charge is -2.34. The van der Waals surface area contributed by atoms with Crippen LogP contribution in [0.3, 0.4) is 0 Å². The fourth-order valence-corrected chi connectivity index (χ4v) is 2.67. The zero-order valence-electron chi connectivity index (χ0n) is 13.3. The summed E-state index contributed by atoms with van der Waals surface area (Å²) in [5.41, 5.74) is 8.63. The van der Waals surface area contributed by atoms with Crippen molar-refractivity contribution in [1.82, 2.24) is 10.2 Å². The van der Waals surface area contributed by atoms with E-state index in [1.54, 1.807) is 0 Å². The van der Waals surface area contributed by atoms with Crippen LogP contribution in [-0.2, 0) is 17.8 Å². The Kier molecular flexibility index (Phi) is 5.37. The molecule has 3 unspecified atom stereocenters. The first-order valence-corrected chi connectivity index (χ1v) is 7.83. The maximum Gasteiger partial charge on any atom is 0.224 e. The average Bonchev–Trinajstić information content (AvgIpc) is 2.50. The lowest BCUT2D eigenvalue weighted by Crippen LogP contribution is -2.47. The first-order chi connectivity index (χ1) is 9.99. The Morgan fingerprint density at radius 1 is 1.29 bits per heavy atom. The summed E-state index contributed by atoms with van der Waals surface area (Å²) in [6.07, 6.45) is 1.09. The molecule has 21 heavy (non-hydrogen) atoms. The summed E-state index contributed by atoms with van der Waals surface area (Å²) in [6, 6.07) is 8.84. The van der Waals surface area contributed by atoms with Crippen LogP contribution in [0.4, 0.5) is 0 Å². The number of rotatable bonds is 5. The van der Waals surface area contributed by atoms with Crippen molar-refractivity contribution < 1.29 is 4.79 Å². The number of hydrogen-bond acceptors (Lipinski definition) is 3. The smallest absolute Gasteiger partial charge is 0.224 e. The van der Waals surface area contributed by atoms with Gasteiger partial charge in [-0.1, -0.05) is 31.2 Å². The molecule has 1 aliphatic heterocycles. The van der Waals surface area contributed by atoms with Crippen molar-refractivity contribution in [3.05, 3.63) is 35.4 Å². The molecule has 0 spiro atoms. The number of carbonyl (C=O) groups excluding carboxylic acids is 1. The number of hydrogen-bond donors (Lipinski definition) is 2. The minimum absolute atomic E-state index is 0.0502. The van der Waals surface area contributed by atoms with Crippen LogP contribution < -0.4 is 11.1 Å². The molecule has 1 amide bonds. The van der Waals surface area contributed by atoms with Gasteiger partial charge in [0.15, 0.2) is 0 Å². The van der Waals surface area contributed by atoms with Crippen LogP contribution in [0.15, 0.2) is 24.3 Å². The molecule has 3 N–H and O–H groups in total. The Morgan fingerprint density at radius 3 is 2.62 bits per heavy atom. The van der Waals surface area contributed by atoms with Crippen LogP contribution in [-0.4, -0.2) is 36.0 Å². The molecule has 0 bridgehead atoms. The fraction of sp³-hybridized carbons (Fsp3) is 0.588. The zero-order chi connectivity index (χ0) is 15.4. The number of nitrogens with zero attached hydrogens (tertiary/aromatic N) is 1. The van der Waals surface area contributed by atoms with Gasteiger partial charge < -0.3 is 11.1 Å². The summed E-state index contributed by atoms with van der Waals surface area (Å²) in [6.45, 7) is 8.62. The molecule has 0 saturated carbocycles. The van der Waals surface area contributed by atoms with Crippen LogP contribution in [0.25, 0.3) is 0 Å². The predicted octanol–water partition coefficient (Wildman–Crippen LogP) is 1.53. The van der Waals surface area contributed by atoms with Crippen molar-refractivity contribution in [3.63, 3.8) is 0 Å². The van der Waals surface area contributed by atoms with Crippen molar-refractivity contribution in [2.45, 2.75) is 45.8 Å². The summed E-state index contributed by atoms with van der Waals surface area (Å²) in [4.78, 5) is 14.4. The highest BCUT2D eigenvalue weighted by atomic mass is 16.1. The van der Waals surface area contributed by atoms with E-state index >= 15 is 0 Å². The Bertz CT molecular complexity index is 487. The van der Waals surface area contributed by atoms with Gasteiger partial charge in [-0.15, -0.1) is 0 Å². The molecular formula is C17H27N3O. The minimum Gasteiger partial charge on any atom is -0.354 e. The standard InChI is InChI=1S/C17H27N3O/c1-12(10-19-17(21)13(2)14(3)18)20-9-8-15-6-4-5-7-16(15)11-20/h4-7,12-14H,8-11,18H2,1-3H3,(H,19,21). The van der Waals surface area contributed by atoms with Gasteiger partial charge in [0, 0.05) is 37.6 Å². The highest BCUT2D eigenvalue weighted by Crippen LogP contribution is 2.19. The molecular weight excluding hydrogens is 262 g/mol. The second-order valence-electron chi connectivity index (χ2n) is 6.23. The molecule has 1 aliphatic rings. The second kappa shape index (κ2) is 7.05. The molecule has 1 aromatic carbocycles. The summed E-state index contributed by atoms with van der Waals surface area (Å²) in [7, 11) is 0. The fourth-order valence-electron chi connectivity index (χ4n) is 2.67. The molecule has 116 valence electrons. The highest BCUT2D eigenvalue weighted by molar-refractivity contribution is 5.78. The van der Waals surface area contributed by atoms with E-state index in [2.05, 4.69) is 41.4 Å². The number of nitrogens with one attached hydrogen (secondary N) is 1. The summed E-state index contributed by atoms with van der Waals surface area (Å²) >= 11 is 0. The van der Waals surface area contributed by atoms with Crippen molar-refractivity contribution in [1.29, 1.82) is 0 Å². The largest absolute Gasteiger partial charge is 0.354 e. The van der Waals surface area contributed by atoms with E-state index in [-0.39, 0.29) is 17.9 Å². The van der Waals surface area contributed by atoms with Gasteiger partial charge in [-0.2, -0.15) is 0 Å². The van der Waals surface area contributed by atoms with Crippen molar-refractivity contribution in [2.24, 2.45) is 11.7 Å². The lowest BCUT2D eigenvalue weighted by molar-refractivity contribution is -0.125. The molecule has 4 nitrogen and oxygen atoms in total. The third-order valence-corrected chi connectivity index (χ3v) is 4.56. The van der Waals surface area contributed by atoms with Gasteiger partial charge in [-0.3, -0.25) is 9.69 Å². The first kappa shape index (κ1) is 16.0. The van der Waals surface area contributed by atoms with E-state index in [0.29, 0.717) is 12.6 Å². The van der Waals surface area contributed by atoms with Crippen LogP contribution in [0, 0.1) is 5.92 Å². The molecule has 0 aromatic heterocycles. The molecule has 0 fully saturated rings. The Balaban J connectivity index is 1.85. The number of nitrogens with two attached hydrogens (primary N) is 1. The van der Waals surface area contributed by atoms with Crippen molar-refractivity contribution in [3.8, 4) is 0 Å². The van der Waals surface area contributed by atoms with E-state index in [0.717, 1.165) is 19.5 Å². The second-order valence-corrected chi connectivity index (χ2v) is 6.23. The van der Waals surface area contributed by atoms with Gasteiger partial charge in [0.05, 0.1) is 0 Å². The molecule has 0 radical (unpaired) electrons. The first-order valence-electron chi connectivity index (χ1n) is 7.83. The molecule has 4 heteroatoms. The average molecular weight is 289 g/mol. The molecule has 1 aromatic rings. The van der Waals surface area contributed by atoms with E-state index in [9.17, 15) is 4.79 Å². The van der Waals surface area contributed by atoms with Crippen LogP contribution in [0.5, 0.6) is 0 Å². The van der Waals surface area contributed by atoms with Gasteiger partial charge in [0.1, 0.15) is 0 Å².